The molecule has 2 aliphatic rings. The van der Waals surface area contributed by atoms with E-state index in [1.165, 1.54) is 19.2 Å². The van der Waals surface area contributed by atoms with Crippen LogP contribution in [0.2, 0.25) is 0 Å². The van der Waals surface area contributed by atoms with Gasteiger partial charge in [-0.15, -0.1) is 0 Å². The zero-order valence-corrected chi connectivity index (χ0v) is 16.6. The number of ether oxygens (including phenoxy) is 2. The summed E-state index contributed by atoms with van der Waals surface area (Å²) in [5, 5.41) is 5.21. The molecular weight excluding hydrogens is 394 g/mol. The van der Waals surface area contributed by atoms with Gasteiger partial charge in [-0.2, -0.15) is 0 Å². The Morgan fingerprint density at radius 3 is 2.57 bits per heavy atom. The summed E-state index contributed by atoms with van der Waals surface area (Å²) in [6.07, 6.45) is 2.73. The van der Waals surface area contributed by atoms with Crippen molar-refractivity contribution in [2.75, 3.05) is 25.6 Å². The number of anilines is 1. The number of para-hydroxylation sites is 1. The normalized spacial score (nSPS) is 17.0. The zero-order valence-electron chi connectivity index (χ0n) is 16.6. The van der Waals surface area contributed by atoms with E-state index < -0.39 is 36.0 Å². The third kappa shape index (κ3) is 4.42. The van der Waals surface area contributed by atoms with E-state index in [-0.39, 0.29) is 30.1 Å². The van der Waals surface area contributed by atoms with Crippen molar-refractivity contribution >= 4 is 35.5 Å². The van der Waals surface area contributed by atoms with Crippen molar-refractivity contribution in [1.82, 2.24) is 10.2 Å². The lowest BCUT2D eigenvalue weighted by molar-refractivity contribution is -0.147. The van der Waals surface area contributed by atoms with E-state index in [1.807, 2.05) is 0 Å². The maximum atomic E-state index is 12.5. The van der Waals surface area contributed by atoms with Crippen LogP contribution < -0.4 is 10.6 Å². The van der Waals surface area contributed by atoms with E-state index in [9.17, 15) is 24.0 Å². The maximum Gasteiger partial charge on any atom is 0.339 e. The van der Waals surface area contributed by atoms with Crippen LogP contribution in [0.3, 0.4) is 0 Å². The van der Waals surface area contributed by atoms with Crippen LogP contribution in [-0.4, -0.2) is 60.5 Å². The molecule has 2 N–H and O–H groups in total. The number of rotatable bonds is 7. The summed E-state index contributed by atoms with van der Waals surface area (Å²) in [6.45, 7) is -0.684. The van der Waals surface area contributed by atoms with Gasteiger partial charge in [0, 0.05) is 6.54 Å². The number of esters is 2. The third-order valence-electron chi connectivity index (χ3n) is 5.21. The Labute approximate surface area is 172 Å². The van der Waals surface area contributed by atoms with Gasteiger partial charge in [0.25, 0.3) is 11.8 Å². The first-order valence-electron chi connectivity index (χ1n) is 9.63. The summed E-state index contributed by atoms with van der Waals surface area (Å²) in [4.78, 5) is 61.3. The largest absolute Gasteiger partial charge is 0.465 e. The number of carbonyl (C=O) groups excluding carboxylic acids is 5. The molecule has 2 fully saturated rings. The molecule has 1 spiro atoms. The molecule has 0 aromatic heterocycles. The molecule has 3 rings (SSSR count). The molecule has 4 amide bonds. The van der Waals surface area contributed by atoms with Crippen LogP contribution in [0, 0.1) is 0 Å². The number of hydrogen-bond acceptors (Lipinski definition) is 7. The Hall–Kier alpha value is -3.43. The summed E-state index contributed by atoms with van der Waals surface area (Å²) in [5.41, 5.74) is -0.431. The highest BCUT2D eigenvalue weighted by atomic mass is 16.5. The number of urea groups is 1. The predicted octanol–water partition coefficient (Wildman–Crippen LogP) is 1.21. The van der Waals surface area contributed by atoms with Gasteiger partial charge in [-0.1, -0.05) is 25.0 Å². The fourth-order valence-corrected chi connectivity index (χ4v) is 3.68. The van der Waals surface area contributed by atoms with Crippen molar-refractivity contribution in [3.63, 3.8) is 0 Å². The van der Waals surface area contributed by atoms with Gasteiger partial charge in [0.05, 0.1) is 24.8 Å². The van der Waals surface area contributed by atoms with Crippen molar-refractivity contribution in [3.05, 3.63) is 29.8 Å². The SMILES string of the molecule is COC(=O)c1ccccc1NC(=O)COC(=O)CCN1C(=O)NC2(CCCC2)C1=O. The molecule has 30 heavy (non-hydrogen) atoms. The number of nitrogens with zero attached hydrogens (tertiary/aromatic N) is 1. The average Bonchev–Trinajstić information content (AvgIpc) is 3.30. The highest BCUT2D eigenvalue weighted by Crippen LogP contribution is 2.35. The number of methoxy groups -OCH3 is 1. The second-order valence-corrected chi connectivity index (χ2v) is 7.17. The van der Waals surface area contributed by atoms with Gasteiger partial charge in [-0.05, 0) is 25.0 Å². The molecule has 10 nitrogen and oxygen atoms in total. The number of carbonyl (C=O) groups is 5. The first-order valence-corrected chi connectivity index (χ1v) is 9.63. The highest BCUT2D eigenvalue weighted by Gasteiger charge is 2.52. The lowest BCUT2D eigenvalue weighted by Gasteiger charge is -2.19. The molecule has 0 unspecified atom stereocenters. The molecule has 0 bridgehead atoms. The van der Waals surface area contributed by atoms with E-state index in [4.69, 9.17) is 4.74 Å². The van der Waals surface area contributed by atoms with E-state index in [0.29, 0.717) is 12.8 Å². The number of nitrogens with one attached hydrogen (secondary N) is 2. The van der Waals surface area contributed by atoms with E-state index in [0.717, 1.165) is 17.7 Å². The number of benzene rings is 1. The first-order chi connectivity index (χ1) is 14.4. The molecular formula is C20H23N3O7. The molecule has 1 saturated heterocycles. The Morgan fingerprint density at radius 1 is 1.17 bits per heavy atom. The average molecular weight is 417 g/mol. The first kappa shape index (κ1) is 21.3. The number of amides is 4. The van der Waals surface area contributed by atoms with Crippen LogP contribution in [-0.2, 0) is 23.9 Å². The Morgan fingerprint density at radius 2 is 1.87 bits per heavy atom. The van der Waals surface area contributed by atoms with Crippen LogP contribution in [0.5, 0.6) is 0 Å². The van der Waals surface area contributed by atoms with Gasteiger partial charge in [0.2, 0.25) is 0 Å². The minimum atomic E-state index is -0.825. The third-order valence-corrected chi connectivity index (χ3v) is 5.21. The lowest BCUT2D eigenvalue weighted by atomic mass is 9.98. The van der Waals surface area contributed by atoms with Crippen molar-refractivity contribution < 1.29 is 33.4 Å². The van der Waals surface area contributed by atoms with Gasteiger partial charge in [-0.3, -0.25) is 19.3 Å². The van der Waals surface area contributed by atoms with E-state index >= 15 is 0 Å². The Kier molecular flexibility index (Phi) is 6.34. The fraction of sp³-hybridized carbons (Fsp3) is 0.450. The smallest absolute Gasteiger partial charge is 0.339 e. The maximum absolute atomic E-state index is 12.5. The van der Waals surface area contributed by atoms with Crippen molar-refractivity contribution in [2.45, 2.75) is 37.6 Å². The lowest BCUT2D eigenvalue weighted by Crippen LogP contribution is -2.44. The number of hydrogen-bond donors (Lipinski definition) is 2. The molecule has 1 aliphatic carbocycles. The second kappa shape index (κ2) is 8.93. The summed E-state index contributed by atoms with van der Waals surface area (Å²) in [5.74, 6) is -2.29. The van der Waals surface area contributed by atoms with Gasteiger partial charge >= 0.3 is 18.0 Å². The van der Waals surface area contributed by atoms with Crippen LogP contribution >= 0.6 is 0 Å². The predicted molar refractivity (Wildman–Crippen MR) is 103 cm³/mol. The minimum absolute atomic E-state index is 0.113. The monoisotopic (exact) mass is 417 g/mol. The number of imide groups is 1. The van der Waals surface area contributed by atoms with E-state index in [1.54, 1.807) is 12.1 Å². The van der Waals surface area contributed by atoms with Crippen molar-refractivity contribution in [3.8, 4) is 0 Å². The van der Waals surface area contributed by atoms with Gasteiger partial charge in [-0.25, -0.2) is 9.59 Å². The highest BCUT2D eigenvalue weighted by molar-refractivity contribution is 6.07. The minimum Gasteiger partial charge on any atom is -0.465 e. The molecule has 1 aromatic rings. The van der Waals surface area contributed by atoms with Crippen LogP contribution in [0.15, 0.2) is 24.3 Å². The molecule has 0 radical (unpaired) electrons. The molecule has 1 heterocycles. The molecule has 0 atom stereocenters. The molecule has 1 aromatic carbocycles. The molecule has 1 saturated carbocycles. The quantitative estimate of drug-likeness (QED) is 0.503. The van der Waals surface area contributed by atoms with Crippen molar-refractivity contribution in [1.29, 1.82) is 0 Å². The summed E-state index contributed by atoms with van der Waals surface area (Å²) < 4.78 is 9.56. The van der Waals surface area contributed by atoms with Gasteiger partial charge in [0.1, 0.15) is 5.54 Å². The fourth-order valence-electron chi connectivity index (χ4n) is 3.68. The summed E-state index contributed by atoms with van der Waals surface area (Å²) in [7, 11) is 1.22. The second-order valence-electron chi connectivity index (χ2n) is 7.17. The zero-order chi connectivity index (χ0) is 21.7. The van der Waals surface area contributed by atoms with Crippen molar-refractivity contribution in [2.24, 2.45) is 0 Å². The Balaban J connectivity index is 1.46. The topological polar surface area (TPSA) is 131 Å². The summed E-state index contributed by atoms with van der Waals surface area (Å²) >= 11 is 0. The standard InChI is InChI=1S/C20H23N3O7/c1-29-17(26)13-6-2-3-7-14(13)21-15(24)12-30-16(25)8-11-23-18(27)20(22-19(23)28)9-4-5-10-20/h2-3,6-7H,4-5,8-12H2,1H3,(H,21,24)(H,22,28). The van der Waals surface area contributed by atoms with Gasteiger partial charge in [0.15, 0.2) is 6.61 Å². The van der Waals surface area contributed by atoms with Crippen LogP contribution in [0.25, 0.3) is 0 Å². The molecule has 160 valence electrons. The molecule has 10 heteroatoms. The Bertz CT molecular complexity index is 877. The van der Waals surface area contributed by atoms with Crippen LogP contribution in [0.4, 0.5) is 10.5 Å². The van der Waals surface area contributed by atoms with E-state index in [2.05, 4.69) is 15.4 Å². The van der Waals surface area contributed by atoms with Gasteiger partial charge < -0.3 is 20.1 Å². The summed E-state index contributed by atoms with van der Waals surface area (Å²) in [6, 6.07) is 5.74. The van der Waals surface area contributed by atoms with Crippen LogP contribution in [0.1, 0.15) is 42.5 Å². The molecule has 1 aliphatic heterocycles.